The van der Waals surface area contributed by atoms with E-state index in [2.05, 4.69) is 10.3 Å². The summed E-state index contributed by atoms with van der Waals surface area (Å²) in [5, 5.41) is 5.80. The molecule has 46 heavy (non-hydrogen) atoms. The molecule has 0 saturated heterocycles. The first kappa shape index (κ1) is 32.2. The lowest BCUT2D eigenvalue weighted by Crippen LogP contribution is -2.27. The predicted molar refractivity (Wildman–Crippen MR) is 182 cm³/mol. The maximum atomic E-state index is 13.7. The van der Waals surface area contributed by atoms with Gasteiger partial charge in [0.2, 0.25) is 0 Å². The van der Waals surface area contributed by atoms with Gasteiger partial charge >= 0.3 is 0 Å². The molecule has 4 aromatic carbocycles. The van der Waals surface area contributed by atoms with Crippen molar-refractivity contribution in [2.24, 2.45) is 5.73 Å². The molecule has 9 nitrogen and oxygen atoms in total. The summed E-state index contributed by atoms with van der Waals surface area (Å²) >= 11 is 1.59. The van der Waals surface area contributed by atoms with Gasteiger partial charge in [-0.25, -0.2) is 4.98 Å². The van der Waals surface area contributed by atoms with E-state index in [0.29, 0.717) is 65.9 Å². The molecule has 3 N–H and O–H groups in total. The molecule has 10 heteroatoms. The molecule has 0 bridgehead atoms. The van der Waals surface area contributed by atoms with Gasteiger partial charge in [0.25, 0.3) is 11.8 Å². The van der Waals surface area contributed by atoms with Gasteiger partial charge in [-0.05, 0) is 73.5 Å². The van der Waals surface area contributed by atoms with E-state index in [1.54, 1.807) is 71.9 Å². The van der Waals surface area contributed by atoms with Crippen LogP contribution in [0.3, 0.4) is 0 Å². The Morgan fingerprint density at radius 3 is 2.48 bits per heavy atom. The lowest BCUT2D eigenvalue weighted by atomic mass is 10.1. The van der Waals surface area contributed by atoms with Gasteiger partial charge in [-0.15, -0.1) is 11.3 Å². The van der Waals surface area contributed by atoms with Crippen molar-refractivity contribution in [3.63, 3.8) is 0 Å². The summed E-state index contributed by atoms with van der Waals surface area (Å²) in [5.41, 5.74) is 10.4. The smallest absolute Gasteiger partial charge is 0.259 e. The van der Waals surface area contributed by atoms with Gasteiger partial charge in [0.15, 0.2) is 0 Å². The van der Waals surface area contributed by atoms with E-state index in [1.807, 2.05) is 54.8 Å². The molecular formula is C36H36N4O5S. The van der Waals surface area contributed by atoms with Crippen molar-refractivity contribution in [1.29, 1.82) is 0 Å². The molecule has 0 spiro atoms. The van der Waals surface area contributed by atoms with Crippen LogP contribution < -0.4 is 30.2 Å². The lowest BCUT2D eigenvalue weighted by Gasteiger charge is -2.22. The van der Waals surface area contributed by atoms with Gasteiger partial charge in [-0.1, -0.05) is 42.5 Å². The molecule has 0 aliphatic rings. The Labute approximate surface area is 272 Å². The van der Waals surface area contributed by atoms with Crippen LogP contribution in [0.1, 0.15) is 38.3 Å². The number of nitrogens with zero attached hydrogens (tertiary/aromatic N) is 2. The molecule has 0 radical (unpaired) electrons. The second-order valence-electron chi connectivity index (χ2n) is 10.5. The topological polar surface area (TPSA) is 116 Å². The second-order valence-corrected chi connectivity index (χ2v) is 11.4. The lowest BCUT2D eigenvalue weighted by molar-refractivity contribution is 0.0990. The molecule has 1 heterocycles. The number of benzene rings is 4. The molecule has 0 saturated carbocycles. The summed E-state index contributed by atoms with van der Waals surface area (Å²) in [6, 6.07) is 25.7. The third kappa shape index (κ3) is 7.71. The van der Waals surface area contributed by atoms with Crippen molar-refractivity contribution >= 4 is 34.5 Å². The molecule has 0 aliphatic heterocycles. The SMILES string of the molecule is COc1cc(C(=O)N(C)c2ccc(C)cc2OCc2ccc(-c3nccs3)cc2)ccc1NC(=O)c1ccccc1OCCCN. The van der Waals surface area contributed by atoms with Crippen molar-refractivity contribution in [3.8, 4) is 27.8 Å². The standard InChI is InChI=1S/C36H36N4O5S/c1-24-9-16-30(33(21-24)45-23-25-10-12-26(13-11-25)35-38-18-20-46-35)40(2)36(42)27-14-15-29(32(22-27)43-3)39-34(41)28-7-4-5-8-31(28)44-19-6-17-37/h4-5,7-16,18,20-22H,6,17,19,23,37H2,1-3H3,(H,39,41). The van der Waals surface area contributed by atoms with Crippen LogP contribution in [0.5, 0.6) is 17.2 Å². The zero-order valence-electron chi connectivity index (χ0n) is 26.0. The number of para-hydroxylation sites is 1. The van der Waals surface area contributed by atoms with Crippen LogP contribution in [0, 0.1) is 6.92 Å². The van der Waals surface area contributed by atoms with E-state index < -0.39 is 0 Å². The number of nitrogens with two attached hydrogens (primary N) is 1. The van der Waals surface area contributed by atoms with Gasteiger partial charge in [-0.2, -0.15) is 0 Å². The van der Waals surface area contributed by atoms with Crippen LogP contribution in [-0.2, 0) is 6.61 Å². The minimum atomic E-state index is -0.364. The van der Waals surface area contributed by atoms with E-state index >= 15 is 0 Å². The number of anilines is 2. The van der Waals surface area contributed by atoms with Crippen LogP contribution in [-0.4, -0.2) is 44.1 Å². The summed E-state index contributed by atoms with van der Waals surface area (Å²) in [4.78, 5) is 32.8. The number of ether oxygens (including phenoxy) is 3. The van der Waals surface area contributed by atoms with E-state index in [4.69, 9.17) is 19.9 Å². The highest BCUT2D eigenvalue weighted by Crippen LogP contribution is 2.33. The molecule has 0 fully saturated rings. The monoisotopic (exact) mass is 636 g/mol. The van der Waals surface area contributed by atoms with Gasteiger partial charge in [0.05, 0.1) is 30.7 Å². The number of aromatic nitrogens is 1. The first-order chi connectivity index (χ1) is 22.4. The number of carbonyl (C=O) groups is 2. The number of hydrogen-bond acceptors (Lipinski definition) is 8. The van der Waals surface area contributed by atoms with E-state index in [-0.39, 0.29) is 11.8 Å². The number of amides is 2. The van der Waals surface area contributed by atoms with E-state index in [0.717, 1.165) is 21.7 Å². The largest absolute Gasteiger partial charge is 0.495 e. The molecule has 5 rings (SSSR count). The van der Waals surface area contributed by atoms with Crippen molar-refractivity contribution in [2.75, 3.05) is 37.5 Å². The highest BCUT2D eigenvalue weighted by Gasteiger charge is 2.21. The van der Waals surface area contributed by atoms with Crippen molar-refractivity contribution in [2.45, 2.75) is 20.0 Å². The maximum Gasteiger partial charge on any atom is 0.259 e. The first-order valence-electron chi connectivity index (χ1n) is 14.8. The number of rotatable bonds is 13. The Kier molecular flexibility index (Phi) is 10.6. The van der Waals surface area contributed by atoms with Gasteiger partial charge < -0.3 is 30.2 Å². The van der Waals surface area contributed by atoms with Crippen LogP contribution in [0.15, 0.2) is 96.5 Å². The Bertz CT molecular complexity index is 1790. The molecule has 1 aromatic heterocycles. The number of thiazole rings is 1. The third-order valence-corrected chi connectivity index (χ3v) is 8.07. The minimum Gasteiger partial charge on any atom is -0.495 e. The molecule has 0 atom stereocenters. The van der Waals surface area contributed by atoms with Gasteiger partial charge in [0.1, 0.15) is 28.9 Å². The van der Waals surface area contributed by atoms with Crippen LogP contribution in [0.25, 0.3) is 10.6 Å². The molecule has 0 aliphatic carbocycles. The van der Waals surface area contributed by atoms with Crippen molar-refractivity contribution in [1.82, 2.24) is 4.98 Å². The van der Waals surface area contributed by atoms with Crippen LogP contribution >= 0.6 is 11.3 Å². The number of aryl methyl sites for hydroxylation is 1. The molecule has 5 aromatic rings. The Morgan fingerprint density at radius 2 is 1.74 bits per heavy atom. The van der Waals surface area contributed by atoms with Crippen molar-refractivity contribution in [3.05, 3.63) is 119 Å². The summed E-state index contributed by atoms with van der Waals surface area (Å²) in [6.45, 7) is 3.21. The first-order valence-corrected chi connectivity index (χ1v) is 15.7. The van der Waals surface area contributed by atoms with Gasteiger partial charge in [0, 0.05) is 29.8 Å². The number of carbonyl (C=O) groups excluding carboxylic acids is 2. The zero-order chi connectivity index (χ0) is 32.5. The molecule has 236 valence electrons. The Balaban J connectivity index is 1.30. The fourth-order valence-electron chi connectivity index (χ4n) is 4.75. The predicted octanol–water partition coefficient (Wildman–Crippen LogP) is 6.96. The van der Waals surface area contributed by atoms with Crippen LogP contribution in [0.2, 0.25) is 0 Å². The molecular weight excluding hydrogens is 600 g/mol. The van der Waals surface area contributed by atoms with Crippen LogP contribution in [0.4, 0.5) is 11.4 Å². The van der Waals surface area contributed by atoms with Crippen molar-refractivity contribution < 1.29 is 23.8 Å². The number of hydrogen-bond donors (Lipinski definition) is 2. The summed E-state index contributed by atoms with van der Waals surface area (Å²) in [5.74, 6) is 0.761. The fraction of sp³-hybridized carbons (Fsp3) is 0.194. The normalized spacial score (nSPS) is 10.7. The third-order valence-electron chi connectivity index (χ3n) is 7.24. The van der Waals surface area contributed by atoms with Gasteiger partial charge in [-0.3, -0.25) is 9.59 Å². The second kappa shape index (κ2) is 15.2. The molecule has 2 amide bonds. The highest BCUT2D eigenvalue weighted by atomic mass is 32.1. The zero-order valence-corrected chi connectivity index (χ0v) is 26.8. The maximum absolute atomic E-state index is 13.7. The highest BCUT2D eigenvalue weighted by molar-refractivity contribution is 7.13. The number of methoxy groups -OCH3 is 1. The fourth-order valence-corrected chi connectivity index (χ4v) is 5.39. The van der Waals surface area contributed by atoms with E-state index in [1.165, 1.54) is 7.11 Å². The Hall–Kier alpha value is -5.19. The average molecular weight is 637 g/mol. The minimum absolute atomic E-state index is 0.267. The quantitative estimate of drug-likeness (QED) is 0.134. The average Bonchev–Trinajstić information content (AvgIpc) is 3.63. The van der Waals surface area contributed by atoms with E-state index in [9.17, 15) is 9.59 Å². The Morgan fingerprint density at radius 1 is 0.935 bits per heavy atom. The number of nitrogens with one attached hydrogen (secondary N) is 1. The molecule has 0 unspecified atom stereocenters. The summed E-state index contributed by atoms with van der Waals surface area (Å²) < 4.78 is 17.6. The summed E-state index contributed by atoms with van der Waals surface area (Å²) in [7, 11) is 3.19. The summed E-state index contributed by atoms with van der Waals surface area (Å²) in [6.07, 6.45) is 2.46.